The Hall–Kier alpha value is -2.33. The fraction of sp³-hybridized carbons (Fsp3) is 0.316. The van der Waals surface area contributed by atoms with Gasteiger partial charge in [0.1, 0.15) is 12.4 Å². The number of benzene rings is 2. The molecule has 0 radical (unpaired) electrons. The number of amides is 1. The van der Waals surface area contributed by atoms with Crippen LogP contribution in [0.1, 0.15) is 18.4 Å². The highest BCUT2D eigenvalue weighted by molar-refractivity contribution is 5.93. The largest absolute Gasteiger partial charge is 0.489 e. The third-order valence-electron chi connectivity index (χ3n) is 3.82. The Morgan fingerprint density at radius 1 is 1.13 bits per heavy atom. The molecule has 0 saturated carbocycles. The topological polar surface area (TPSA) is 47.6 Å². The molecule has 1 amide bonds. The van der Waals surface area contributed by atoms with Crippen LogP contribution in [-0.2, 0) is 16.0 Å². The number of hydrogen-bond acceptors (Lipinski definition) is 3. The summed E-state index contributed by atoms with van der Waals surface area (Å²) in [6, 6.07) is 17.2. The average Bonchev–Trinajstić information content (AvgIpc) is 3.08. The molecule has 0 bridgehead atoms. The second-order valence-corrected chi connectivity index (χ2v) is 5.65. The summed E-state index contributed by atoms with van der Waals surface area (Å²) in [4.78, 5) is 12.2. The Morgan fingerprint density at radius 2 is 1.91 bits per heavy atom. The van der Waals surface area contributed by atoms with Gasteiger partial charge in [0.25, 0.3) is 0 Å². The lowest BCUT2D eigenvalue weighted by Crippen LogP contribution is -2.18. The first-order valence-corrected chi connectivity index (χ1v) is 7.98. The van der Waals surface area contributed by atoms with E-state index < -0.39 is 0 Å². The minimum absolute atomic E-state index is 0.0515. The normalized spacial score (nSPS) is 17.0. The highest BCUT2D eigenvalue weighted by Crippen LogP contribution is 2.25. The van der Waals surface area contributed by atoms with Gasteiger partial charge in [-0.3, -0.25) is 4.79 Å². The van der Waals surface area contributed by atoms with Crippen LogP contribution in [0.15, 0.2) is 54.6 Å². The van der Waals surface area contributed by atoms with Crippen LogP contribution in [0.3, 0.4) is 0 Å². The average molecular weight is 311 g/mol. The van der Waals surface area contributed by atoms with E-state index in [1.165, 1.54) is 0 Å². The van der Waals surface area contributed by atoms with Crippen molar-refractivity contribution in [2.45, 2.75) is 25.4 Å². The number of ether oxygens (including phenoxy) is 2. The van der Waals surface area contributed by atoms with Crippen LogP contribution in [0.4, 0.5) is 5.69 Å². The molecule has 0 unspecified atom stereocenters. The van der Waals surface area contributed by atoms with Gasteiger partial charge < -0.3 is 14.8 Å². The number of para-hydroxylation sites is 2. The van der Waals surface area contributed by atoms with Crippen LogP contribution >= 0.6 is 0 Å². The second kappa shape index (κ2) is 7.79. The molecule has 1 N–H and O–H groups in total. The minimum Gasteiger partial charge on any atom is -0.489 e. The zero-order valence-corrected chi connectivity index (χ0v) is 13.0. The van der Waals surface area contributed by atoms with Gasteiger partial charge in [-0.2, -0.15) is 0 Å². The molecule has 2 aromatic rings. The van der Waals surface area contributed by atoms with Crippen molar-refractivity contribution in [2.24, 2.45) is 0 Å². The molecule has 3 rings (SSSR count). The SMILES string of the molecule is O=C(Cc1ccccc1)Nc1ccccc1OC[C@H]1CCCO1. The summed E-state index contributed by atoms with van der Waals surface area (Å²) in [7, 11) is 0. The van der Waals surface area contributed by atoms with E-state index >= 15 is 0 Å². The number of nitrogens with one attached hydrogen (secondary N) is 1. The van der Waals surface area contributed by atoms with Crippen molar-refractivity contribution in [3.8, 4) is 5.75 Å². The van der Waals surface area contributed by atoms with Crippen molar-refractivity contribution >= 4 is 11.6 Å². The van der Waals surface area contributed by atoms with Crippen LogP contribution < -0.4 is 10.1 Å². The standard InChI is InChI=1S/C19H21NO3/c21-19(13-15-7-2-1-3-8-15)20-17-10-4-5-11-18(17)23-14-16-9-6-12-22-16/h1-5,7-8,10-11,16H,6,9,12-14H2,(H,20,21)/t16-/m1/s1. The molecule has 0 aliphatic carbocycles. The van der Waals surface area contributed by atoms with Gasteiger partial charge in [0.15, 0.2) is 0 Å². The van der Waals surface area contributed by atoms with Gasteiger partial charge in [0.2, 0.25) is 5.91 Å². The molecule has 1 saturated heterocycles. The van der Waals surface area contributed by atoms with Crippen LogP contribution in [0.25, 0.3) is 0 Å². The highest BCUT2D eigenvalue weighted by atomic mass is 16.5. The van der Waals surface area contributed by atoms with E-state index in [1.807, 2.05) is 54.6 Å². The summed E-state index contributed by atoms with van der Waals surface area (Å²) in [6.45, 7) is 1.33. The maximum absolute atomic E-state index is 12.2. The Bertz CT molecular complexity index is 636. The monoisotopic (exact) mass is 311 g/mol. The van der Waals surface area contributed by atoms with E-state index in [9.17, 15) is 4.79 Å². The predicted octanol–water partition coefficient (Wildman–Crippen LogP) is 3.43. The van der Waals surface area contributed by atoms with Crippen molar-refractivity contribution in [2.75, 3.05) is 18.5 Å². The van der Waals surface area contributed by atoms with E-state index in [0.29, 0.717) is 24.5 Å². The summed E-state index contributed by atoms with van der Waals surface area (Å²) in [6.07, 6.45) is 2.62. The molecule has 0 aromatic heterocycles. The molecule has 1 aliphatic heterocycles. The van der Waals surface area contributed by atoms with Gasteiger partial charge in [-0.25, -0.2) is 0 Å². The molecule has 2 aromatic carbocycles. The first-order valence-electron chi connectivity index (χ1n) is 7.98. The minimum atomic E-state index is -0.0515. The highest BCUT2D eigenvalue weighted by Gasteiger charge is 2.17. The third kappa shape index (κ3) is 4.57. The summed E-state index contributed by atoms with van der Waals surface area (Å²) in [5, 5.41) is 2.93. The number of rotatable bonds is 6. The quantitative estimate of drug-likeness (QED) is 0.889. The van der Waals surface area contributed by atoms with Crippen LogP contribution in [0, 0.1) is 0 Å². The molecule has 0 spiro atoms. The summed E-state index contributed by atoms with van der Waals surface area (Å²) in [5.41, 5.74) is 1.69. The zero-order chi connectivity index (χ0) is 15.9. The van der Waals surface area contributed by atoms with E-state index in [-0.39, 0.29) is 12.0 Å². The molecule has 120 valence electrons. The smallest absolute Gasteiger partial charge is 0.228 e. The van der Waals surface area contributed by atoms with Gasteiger partial charge in [0, 0.05) is 6.61 Å². The van der Waals surface area contributed by atoms with E-state index in [4.69, 9.17) is 9.47 Å². The van der Waals surface area contributed by atoms with Crippen molar-refractivity contribution < 1.29 is 14.3 Å². The van der Waals surface area contributed by atoms with Crippen molar-refractivity contribution in [3.05, 3.63) is 60.2 Å². The summed E-state index contributed by atoms with van der Waals surface area (Å²) < 4.78 is 11.4. The van der Waals surface area contributed by atoms with Gasteiger partial charge in [-0.1, -0.05) is 42.5 Å². The molecule has 4 heteroatoms. The maximum Gasteiger partial charge on any atom is 0.228 e. The number of hydrogen-bond donors (Lipinski definition) is 1. The van der Waals surface area contributed by atoms with Gasteiger partial charge in [-0.15, -0.1) is 0 Å². The van der Waals surface area contributed by atoms with Crippen molar-refractivity contribution in [1.29, 1.82) is 0 Å². The van der Waals surface area contributed by atoms with E-state index in [1.54, 1.807) is 0 Å². The number of carbonyl (C=O) groups is 1. The van der Waals surface area contributed by atoms with Crippen molar-refractivity contribution in [3.63, 3.8) is 0 Å². The molecular formula is C19H21NO3. The van der Waals surface area contributed by atoms with E-state index in [2.05, 4.69) is 5.32 Å². The van der Waals surface area contributed by atoms with Crippen LogP contribution in [-0.4, -0.2) is 25.2 Å². The fourth-order valence-corrected chi connectivity index (χ4v) is 2.63. The Balaban J connectivity index is 1.59. The predicted molar refractivity (Wildman–Crippen MR) is 89.7 cm³/mol. The molecule has 4 nitrogen and oxygen atoms in total. The second-order valence-electron chi connectivity index (χ2n) is 5.65. The molecular weight excluding hydrogens is 290 g/mol. The molecule has 1 atom stereocenters. The molecule has 23 heavy (non-hydrogen) atoms. The van der Waals surface area contributed by atoms with Crippen LogP contribution in [0.2, 0.25) is 0 Å². The lowest BCUT2D eigenvalue weighted by atomic mass is 10.1. The summed E-state index contributed by atoms with van der Waals surface area (Å²) in [5.74, 6) is 0.633. The lowest BCUT2D eigenvalue weighted by Gasteiger charge is -2.15. The molecule has 1 aliphatic rings. The fourth-order valence-electron chi connectivity index (χ4n) is 2.63. The third-order valence-corrected chi connectivity index (χ3v) is 3.82. The Kier molecular flexibility index (Phi) is 5.27. The first-order chi connectivity index (χ1) is 11.3. The molecule has 1 heterocycles. The first kappa shape index (κ1) is 15.6. The van der Waals surface area contributed by atoms with Gasteiger partial charge in [-0.05, 0) is 30.5 Å². The number of anilines is 1. The van der Waals surface area contributed by atoms with Crippen molar-refractivity contribution in [1.82, 2.24) is 0 Å². The maximum atomic E-state index is 12.2. The van der Waals surface area contributed by atoms with Crippen LogP contribution in [0.5, 0.6) is 5.75 Å². The zero-order valence-electron chi connectivity index (χ0n) is 13.0. The summed E-state index contributed by atoms with van der Waals surface area (Å²) >= 11 is 0. The van der Waals surface area contributed by atoms with Gasteiger partial charge >= 0.3 is 0 Å². The van der Waals surface area contributed by atoms with E-state index in [0.717, 1.165) is 25.0 Å². The molecule has 1 fully saturated rings. The Labute approximate surface area is 136 Å². The Morgan fingerprint density at radius 3 is 2.70 bits per heavy atom. The van der Waals surface area contributed by atoms with Gasteiger partial charge in [0.05, 0.1) is 18.2 Å². The lowest BCUT2D eigenvalue weighted by molar-refractivity contribution is -0.115. The number of carbonyl (C=O) groups excluding carboxylic acids is 1.